The van der Waals surface area contributed by atoms with Crippen LogP contribution in [0.3, 0.4) is 0 Å². The minimum Gasteiger partial charge on any atom is -0.457 e. The first-order valence-corrected chi connectivity index (χ1v) is 9.97. The summed E-state index contributed by atoms with van der Waals surface area (Å²) in [5.74, 6) is -1.30. The number of benzene rings is 2. The number of aryl methyl sites for hydroxylation is 1. The van der Waals surface area contributed by atoms with Gasteiger partial charge in [-0.1, -0.05) is 0 Å². The molecule has 0 radical (unpaired) electrons. The number of hydrogen-bond acceptors (Lipinski definition) is 4. The molecule has 1 aliphatic heterocycles. The number of anilines is 2. The van der Waals surface area contributed by atoms with Crippen molar-refractivity contribution in [2.24, 2.45) is 0 Å². The van der Waals surface area contributed by atoms with Crippen molar-refractivity contribution < 1.29 is 23.1 Å². The van der Waals surface area contributed by atoms with Gasteiger partial charge in [-0.3, -0.25) is 14.7 Å². The Balaban J connectivity index is 1.51. The van der Waals surface area contributed by atoms with Crippen molar-refractivity contribution in [2.45, 2.75) is 12.8 Å². The smallest absolute Gasteiger partial charge is 0.326 e. The lowest BCUT2D eigenvalue weighted by atomic mass is 10.0. The van der Waals surface area contributed by atoms with Crippen molar-refractivity contribution in [3.05, 3.63) is 77.6 Å². The van der Waals surface area contributed by atoms with E-state index >= 15 is 0 Å². The van der Waals surface area contributed by atoms with Gasteiger partial charge < -0.3 is 15.4 Å². The number of carbonyl (C=O) groups is 2. The molecule has 0 fully saturated rings. The van der Waals surface area contributed by atoms with Crippen molar-refractivity contribution in [1.82, 2.24) is 10.3 Å². The van der Waals surface area contributed by atoms with Gasteiger partial charge in [-0.15, -0.1) is 0 Å². The topological polar surface area (TPSA) is 83.6 Å². The van der Waals surface area contributed by atoms with Crippen LogP contribution in [0.5, 0.6) is 11.5 Å². The molecular formula is C23H20F2N4O3. The largest absolute Gasteiger partial charge is 0.457 e. The second-order valence-electron chi connectivity index (χ2n) is 7.16. The molecule has 2 aromatic carbocycles. The highest BCUT2D eigenvalue weighted by atomic mass is 19.2. The summed E-state index contributed by atoms with van der Waals surface area (Å²) in [6.45, 7) is 0.489. The number of aromatic nitrogens is 1. The zero-order valence-electron chi connectivity index (χ0n) is 17.2. The molecule has 3 amide bonds. The third-order valence-electron chi connectivity index (χ3n) is 5.01. The minimum atomic E-state index is -1.03. The van der Waals surface area contributed by atoms with Crippen molar-refractivity contribution >= 4 is 23.3 Å². The molecule has 4 rings (SSSR count). The van der Waals surface area contributed by atoms with E-state index in [2.05, 4.69) is 15.6 Å². The molecule has 7 nitrogen and oxygen atoms in total. The molecule has 2 N–H and O–H groups in total. The van der Waals surface area contributed by atoms with Crippen LogP contribution in [-0.2, 0) is 6.42 Å². The summed E-state index contributed by atoms with van der Waals surface area (Å²) in [6.07, 6.45) is 2.97. The average Bonchev–Trinajstić information content (AvgIpc) is 2.80. The molecule has 0 bridgehead atoms. The highest BCUT2D eigenvalue weighted by Crippen LogP contribution is 2.33. The van der Waals surface area contributed by atoms with Gasteiger partial charge in [-0.2, -0.15) is 0 Å². The lowest BCUT2D eigenvalue weighted by Crippen LogP contribution is -2.38. The standard InChI is InChI=1S/C23H20F2N4O3/c1-26-22(30)20-13-17(8-9-27-20)32-16-5-7-21-14(11-16)3-2-10-29(21)23(31)28-15-4-6-18(24)19(25)12-15/h4-9,11-13H,2-3,10H2,1H3,(H,26,30)(H,28,31). The predicted molar refractivity (Wildman–Crippen MR) is 115 cm³/mol. The molecule has 0 aliphatic carbocycles. The van der Waals surface area contributed by atoms with E-state index in [1.54, 1.807) is 29.2 Å². The second kappa shape index (κ2) is 9.01. The summed E-state index contributed by atoms with van der Waals surface area (Å²) in [6, 6.07) is 11.3. The quantitative estimate of drug-likeness (QED) is 0.629. The zero-order valence-corrected chi connectivity index (χ0v) is 17.2. The van der Waals surface area contributed by atoms with Crippen molar-refractivity contribution in [1.29, 1.82) is 0 Å². The fraction of sp³-hybridized carbons (Fsp3) is 0.174. The molecule has 0 saturated carbocycles. The Hall–Kier alpha value is -4.01. The van der Waals surface area contributed by atoms with E-state index in [0.717, 1.165) is 30.5 Å². The van der Waals surface area contributed by atoms with Gasteiger partial charge in [0.1, 0.15) is 17.2 Å². The van der Waals surface area contributed by atoms with E-state index in [0.29, 0.717) is 23.7 Å². The number of fused-ring (bicyclic) bond motifs is 1. The second-order valence-corrected chi connectivity index (χ2v) is 7.16. The highest BCUT2D eigenvalue weighted by molar-refractivity contribution is 6.02. The van der Waals surface area contributed by atoms with Crippen molar-refractivity contribution in [2.75, 3.05) is 23.8 Å². The maximum atomic E-state index is 13.4. The van der Waals surface area contributed by atoms with E-state index in [1.807, 2.05) is 6.07 Å². The van der Waals surface area contributed by atoms with Crippen LogP contribution in [0.1, 0.15) is 22.5 Å². The van der Waals surface area contributed by atoms with Crippen LogP contribution in [0.4, 0.5) is 25.0 Å². The van der Waals surface area contributed by atoms with Crippen molar-refractivity contribution in [3.8, 4) is 11.5 Å². The van der Waals surface area contributed by atoms with Crippen LogP contribution >= 0.6 is 0 Å². The Morgan fingerprint density at radius 3 is 2.62 bits per heavy atom. The van der Waals surface area contributed by atoms with Gasteiger partial charge in [-0.05, 0) is 54.8 Å². The van der Waals surface area contributed by atoms with Crippen LogP contribution in [-0.4, -0.2) is 30.5 Å². The van der Waals surface area contributed by atoms with Gasteiger partial charge in [0, 0.05) is 43.3 Å². The Kier molecular flexibility index (Phi) is 5.98. The maximum Gasteiger partial charge on any atom is 0.326 e. The summed E-state index contributed by atoms with van der Waals surface area (Å²) in [4.78, 5) is 30.1. The number of nitrogens with one attached hydrogen (secondary N) is 2. The molecular weight excluding hydrogens is 418 g/mol. The first-order valence-electron chi connectivity index (χ1n) is 9.97. The Morgan fingerprint density at radius 1 is 1.03 bits per heavy atom. The normalized spacial score (nSPS) is 12.7. The van der Waals surface area contributed by atoms with E-state index in [9.17, 15) is 18.4 Å². The molecule has 1 aliphatic rings. The number of ether oxygens (including phenoxy) is 1. The lowest BCUT2D eigenvalue weighted by Gasteiger charge is -2.30. The number of pyridine rings is 1. The first kappa shape index (κ1) is 21.2. The molecule has 3 aromatic rings. The van der Waals surface area contributed by atoms with Crippen LogP contribution in [0.15, 0.2) is 54.7 Å². The monoisotopic (exact) mass is 438 g/mol. The lowest BCUT2D eigenvalue weighted by molar-refractivity contribution is 0.0958. The Morgan fingerprint density at radius 2 is 1.84 bits per heavy atom. The van der Waals surface area contributed by atoms with E-state index in [1.165, 1.54) is 19.3 Å². The summed E-state index contributed by atoms with van der Waals surface area (Å²) in [5, 5.41) is 5.11. The molecule has 0 saturated heterocycles. The molecule has 0 atom stereocenters. The van der Waals surface area contributed by atoms with Crippen LogP contribution in [0, 0.1) is 11.6 Å². The third kappa shape index (κ3) is 4.51. The summed E-state index contributed by atoms with van der Waals surface area (Å²) < 4.78 is 32.5. The molecule has 9 heteroatoms. The highest BCUT2D eigenvalue weighted by Gasteiger charge is 2.23. The van der Waals surface area contributed by atoms with E-state index in [4.69, 9.17) is 4.74 Å². The van der Waals surface area contributed by atoms with Gasteiger partial charge in [0.25, 0.3) is 5.91 Å². The third-order valence-corrected chi connectivity index (χ3v) is 5.01. The van der Waals surface area contributed by atoms with Crippen LogP contribution in [0.2, 0.25) is 0 Å². The number of amides is 3. The van der Waals surface area contributed by atoms with Gasteiger partial charge in [0.2, 0.25) is 0 Å². The maximum absolute atomic E-state index is 13.4. The number of nitrogens with zero attached hydrogens (tertiary/aromatic N) is 2. The van der Waals surface area contributed by atoms with Crippen LogP contribution < -0.4 is 20.3 Å². The zero-order chi connectivity index (χ0) is 22.7. The number of hydrogen-bond donors (Lipinski definition) is 2. The minimum absolute atomic E-state index is 0.172. The van der Waals surface area contributed by atoms with E-state index < -0.39 is 17.7 Å². The van der Waals surface area contributed by atoms with Crippen molar-refractivity contribution in [3.63, 3.8) is 0 Å². The Labute approximate surface area is 183 Å². The summed E-state index contributed by atoms with van der Waals surface area (Å²) in [7, 11) is 1.52. The van der Waals surface area contributed by atoms with Gasteiger partial charge in [0.05, 0.1) is 0 Å². The Bertz CT molecular complexity index is 1190. The van der Waals surface area contributed by atoms with Gasteiger partial charge in [-0.25, -0.2) is 13.6 Å². The van der Waals surface area contributed by atoms with Gasteiger partial charge >= 0.3 is 6.03 Å². The first-order chi connectivity index (χ1) is 15.4. The molecule has 164 valence electrons. The predicted octanol–water partition coefficient (Wildman–Crippen LogP) is 4.50. The summed E-state index contributed by atoms with van der Waals surface area (Å²) in [5.41, 5.74) is 2.04. The number of urea groups is 1. The van der Waals surface area contributed by atoms with E-state index in [-0.39, 0.29) is 17.3 Å². The molecule has 32 heavy (non-hydrogen) atoms. The molecule has 0 spiro atoms. The molecule has 2 heterocycles. The number of halogens is 2. The fourth-order valence-electron chi connectivity index (χ4n) is 3.48. The summed E-state index contributed by atoms with van der Waals surface area (Å²) >= 11 is 0. The molecule has 0 unspecified atom stereocenters. The average molecular weight is 438 g/mol. The van der Waals surface area contributed by atoms with Crippen LogP contribution in [0.25, 0.3) is 0 Å². The molecule has 1 aromatic heterocycles. The van der Waals surface area contributed by atoms with Gasteiger partial charge in [0.15, 0.2) is 11.6 Å². The number of rotatable bonds is 4. The SMILES string of the molecule is CNC(=O)c1cc(Oc2ccc3c(c2)CCCN3C(=O)Nc2ccc(F)c(F)c2)ccn1. The fourth-order valence-corrected chi connectivity index (χ4v) is 3.48. The number of carbonyl (C=O) groups excluding carboxylic acids is 2.